The van der Waals surface area contributed by atoms with Crippen molar-refractivity contribution in [2.24, 2.45) is 4.99 Å². The fourth-order valence-electron chi connectivity index (χ4n) is 2.27. The molecule has 0 saturated carbocycles. The molecule has 0 heterocycles. The monoisotopic (exact) mass is 327 g/mol. The highest BCUT2D eigenvalue weighted by Crippen LogP contribution is 2.25. The molecule has 5 nitrogen and oxygen atoms in total. The predicted molar refractivity (Wildman–Crippen MR) is 93.0 cm³/mol. The number of aliphatic imine (C=N–C) groups is 1. The lowest BCUT2D eigenvalue weighted by atomic mass is 10.0. The summed E-state index contributed by atoms with van der Waals surface area (Å²) in [7, 11) is 4.57. The Hall–Kier alpha value is -2.82. The highest BCUT2D eigenvalue weighted by molar-refractivity contribution is 5.84. The first-order valence-electron chi connectivity index (χ1n) is 7.55. The van der Waals surface area contributed by atoms with Crippen LogP contribution in [0.1, 0.15) is 23.6 Å². The predicted octanol–water partition coefficient (Wildman–Crippen LogP) is 3.43. The van der Waals surface area contributed by atoms with Crippen molar-refractivity contribution in [1.29, 1.82) is 0 Å². The van der Waals surface area contributed by atoms with E-state index in [9.17, 15) is 4.79 Å². The van der Waals surface area contributed by atoms with E-state index in [1.165, 1.54) is 7.11 Å². The third-order valence-corrected chi connectivity index (χ3v) is 3.61. The quantitative estimate of drug-likeness (QED) is 0.577. The molecular formula is C19H21NO4. The van der Waals surface area contributed by atoms with E-state index in [1.807, 2.05) is 42.5 Å². The Morgan fingerprint density at radius 1 is 1.08 bits per heavy atom. The standard InChI is InChI=1S/C19H21NO4/c1-22-16-10-9-15(18(11-16)23-2)13-20-17(12-19(21)24-3)14-7-5-4-6-8-14/h4-11,13,17H,12H2,1-3H3. The zero-order valence-electron chi connectivity index (χ0n) is 14.1. The van der Waals surface area contributed by atoms with Gasteiger partial charge in [-0.1, -0.05) is 30.3 Å². The Morgan fingerprint density at radius 3 is 2.46 bits per heavy atom. The molecule has 2 aromatic carbocycles. The molecule has 0 aliphatic carbocycles. The zero-order chi connectivity index (χ0) is 17.4. The molecule has 126 valence electrons. The van der Waals surface area contributed by atoms with Crippen molar-refractivity contribution in [2.45, 2.75) is 12.5 Å². The summed E-state index contributed by atoms with van der Waals surface area (Å²) in [5.41, 5.74) is 1.76. The molecule has 0 spiro atoms. The summed E-state index contributed by atoms with van der Waals surface area (Å²) >= 11 is 0. The van der Waals surface area contributed by atoms with Crippen LogP contribution in [0.5, 0.6) is 11.5 Å². The van der Waals surface area contributed by atoms with Crippen LogP contribution in [0.2, 0.25) is 0 Å². The molecule has 0 aliphatic rings. The molecule has 0 bridgehead atoms. The van der Waals surface area contributed by atoms with E-state index in [0.717, 1.165) is 11.1 Å². The van der Waals surface area contributed by atoms with E-state index < -0.39 is 0 Å². The Labute approximate surface area is 141 Å². The zero-order valence-corrected chi connectivity index (χ0v) is 14.1. The first-order valence-corrected chi connectivity index (χ1v) is 7.55. The van der Waals surface area contributed by atoms with Gasteiger partial charge in [-0.2, -0.15) is 0 Å². The van der Waals surface area contributed by atoms with Crippen molar-refractivity contribution in [1.82, 2.24) is 0 Å². The fourth-order valence-corrected chi connectivity index (χ4v) is 2.27. The number of methoxy groups -OCH3 is 3. The summed E-state index contributed by atoms with van der Waals surface area (Å²) < 4.78 is 15.3. The maximum Gasteiger partial charge on any atom is 0.308 e. The second-order valence-electron chi connectivity index (χ2n) is 5.09. The fraction of sp³-hybridized carbons (Fsp3) is 0.263. The molecule has 1 atom stereocenters. The summed E-state index contributed by atoms with van der Waals surface area (Å²) in [6, 6.07) is 14.8. The summed E-state index contributed by atoms with van der Waals surface area (Å²) in [5.74, 6) is 1.06. The van der Waals surface area contributed by atoms with E-state index >= 15 is 0 Å². The molecule has 2 rings (SSSR count). The number of esters is 1. The highest BCUT2D eigenvalue weighted by atomic mass is 16.5. The van der Waals surface area contributed by atoms with Crippen molar-refractivity contribution in [2.75, 3.05) is 21.3 Å². The average molecular weight is 327 g/mol. The minimum absolute atomic E-state index is 0.176. The molecule has 5 heteroatoms. The summed E-state index contributed by atoms with van der Waals surface area (Å²) in [5, 5.41) is 0. The second-order valence-corrected chi connectivity index (χ2v) is 5.09. The van der Waals surface area contributed by atoms with Crippen LogP contribution < -0.4 is 9.47 Å². The van der Waals surface area contributed by atoms with Gasteiger partial charge in [-0.3, -0.25) is 9.79 Å². The van der Waals surface area contributed by atoms with E-state index in [2.05, 4.69) is 4.99 Å². The van der Waals surface area contributed by atoms with Gasteiger partial charge >= 0.3 is 5.97 Å². The van der Waals surface area contributed by atoms with Crippen molar-refractivity contribution in [3.8, 4) is 11.5 Å². The minimum Gasteiger partial charge on any atom is -0.497 e. The Bertz CT molecular complexity index is 698. The molecule has 1 unspecified atom stereocenters. The normalized spacial score (nSPS) is 12.0. The summed E-state index contributed by atoms with van der Waals surface area (Å²) in [4.78, 5) is 16.2. The van der Waals surface area contributed by atoms with Crippen LogP contribution in [0.25, 0.3) is 0 Å². The number of rotatable bonds is 7. The Kier molecular flexibility index (Phi) is 6.37. The topological polar surface area (TPSA) is 57.1 Å². The van der Waals surface area contributed by atoms with Gasteiger partial charge in [0.2, 0.25) is 0 Å². The maximum atomic E-state index is 11.7. The molecule has 0 amide bonds. The number of carbonyl (C=O) groups is 1. The summed E-state index contributed by atoms with van der Waals surface area (Å²) in [6.45, 7) is 0. The number of ether oxygens (including phenoxy) is 3. The second kappa shape index (κ2) is 8.72. The van der Waals surface area contributed by atoms with Crippen molar-refractivity contribution in [3.05, 3.63) is 59.7 Å². The van der Waals surface area contributed by atoms with Gasteiger partial charge < -0.3 is 14.2 Å². The molecule has 2 aromatic rings. The summed E-state index contributed by atoms with van der Waals surface area (Å²) in [6.07, 6.45) is 1.88. The number of carbonyl (C=O) groups excluding carboxylic acids is 1. The van der Waals surface area contributed by atoms with Crippen LogP contribution in [0.4, 0.5) is 0 Å². The van der Waals surface area contributed by atoms with E-state index in [4.69, 9.17) is 14.2 Å². The molecular weight excluding hydrogens is 306 g/mol. The third kappa shape index (κ3) is 4.59. The Balaban J connectivity index is 2.28. The molecule has 0 N–H and O–H groups in total. The minimum atomic E-state index is -0.314. The van der Waals surface area contributed by atoms with Crippen LogP contribution in [0.3, 0.4) is 0 Å². The van der Waals surface area contributed by atoms with Crippen molar-refractivity contribution < 1.29 is 19.0 Å². The lowest BCUT2D eigenvalue weighted by molar-refractivity contribution is -0.141. The van der Waals surface area contributed by atoms with E-state index in [1.54, 1.807) is 26.5 Å². The molecule has 0 fully saturated rings. The number of nitrogens with zero attached hydrogens (tertiary/aromatic N) is 1. The molecule has 24 heavy (non-hydrogen) atoms. The average Bonchev–Trinajstić information content (AvgIpc) is 2.65. The van der Waals surface area contributed by atoms with Crippen LogP contribution in [0, 0.1) is 0 Å². The van der Waals surface area contributed by atoms with Crippen molar-refractivity contribution in [3.63, 3.8) is 0 Å². The highest BCUT2D eigenvalue weighted by Gasteiger charge is 2.15. The van der Waals surface area contributed by atoms with E-state index in [0.29, 0.717) is 11.5 Å². The smallest absolute Gasteiger partial charge is 0.308 e. The third-order valence-electron chi connectivity index (χ3n) is 3.61. The molecule has 0 aliphatic heterocycles. The first kappa shape index (κ1) is 17.5. The lowest BCUT2D eigenvalue weighted by Crippen LogP contribution is -2.07. The van der Waals surface area contributed by atoms with E-state index in [-0.39, 0.29) is 18.4 Å². The molecule has 0 saturated heterocycles. The molecule has 0 aromatic heterocycles. The maximum absolute atomic E-state index is 11.7. The van der Waals surface area contributed by atoms with Crippen LogP contribution in [-0.2, 0) is 9.53 Å². The van der Waals surface area contributed by atoms with Gasteiger partial charge in [-0.25, -0.2) is 0 Å². The Morgan fingerprint density at radius 2 is 1.83 bits per heavy atom. The van der Waals surface area contributed by atoms with Crippen LogP contribution in [-0.4, -0.2) is 33.5 Å². The van der Waals surface area contributed by atoms with Gasteiger partial charge in [0.05, 0.1) is 33.8 Å². The van der Waals surface area contributed by atoms with Crippen molar-refractivity contribution >= 4 is 12.2 Å². The van der Waals surface area contributed by atoms with Crippen LogP contribution >= 0.6 is 0 Å². The number of benzene rings is 2. The first-order chi connectivity index (χ1) is 11.7. The number of hydrogen-bond acceptors (Lipinski definition) is 5. The van der Waals surface area contributed by atoms with Gasteiger partial charge in [0.25, 0.3) is 0 Å². The van der Waals surface area contributed by atoms with Crippen LogP contribution in [0.15, 0.2) is 53.5 Å². The number of hydrogen-bond donors (Lipinski definition) is 0. The largest absolute Gasteiger partial charge is 0.497 e. The SMILES string of the molecule is COC(=O)CC(N=Cc1ccc(OC)cc1OC)c1ccccc1. The van der Waals surface area contributed by atoms with Gasteiger partial charge in [0.1, 0.15) is 11.5 Å². The lowest BCUT2D eigenvalue weighted by Gasteiger charge is -2.12. The van der Waals surface area contributed by atoms with Gasteiger partial charge in [-0.05, 0) is 17.7 Å². The van der Waals surface area contributed by atoms with Gasteiger partial charge in [0, 0.05) is 17.8 Å². The van der Waals surface area contributed by atoms with Gasteiger partial charge in [0.15, 0.2) is 0 Å². The van der Waals surface area contributed by atoms with Gasteiger partial charge in [-0.15, -0.1) is 0 Å². The molecule has 0 radical (unpaired) electrons.